The molecule has 2 amide bonds. The number of alkyl carbamates (subject to hydrolysis) is 1. The molecule has 0 aromatic rings. The van der Waals surface area contributed by atoms with Gasteiger partial charge in [-0.25, -0.2) is 4.79 Å². The molecule has 0 atom stereocenters. The van der Waals surface area contributed by atoms with E-state index in [2.05, 4.69) is 10.2 Å². The largest absolute Gasteiger partial charge is 0.432 e. The van der Waals surface area contributed by atoms with E-state index < -0.39 is 11.7 Å². The fourth-order valence-corrected chi connectivity index (χ4v) is 1.76. The minimum Gasteiger partial charge on any atom is -0.432 e. The second-order valence-corrected chi connectivity index (χ2v) is 3.64. The van der Waals surface area contributed by atoms with E-state index in [9.17, 15) is 9.59 Å². The number of imide groups is 1. The zero-order chi connectivity index (χ0) is 9.47. The van der Waals surface area contributed by atoms with Crippen LogP contribution < -0.4 is 5.32 Å². The summed E-state index contributed by atoms with van der Waals surface area (Å²) in [5.41, 5.74) is -0.858. The highest BCUT2D eigenvalue weighted by Gasteiger charge is 2.49. The lowest BCUT2D eigenvalue weighted by atomic mass is 9.91. The Bertz CT molecular complexity index is 261. The highest BCUT2D eigenvalue weighted by molar-refractivity contribution is 6.02. The van der Waals surface area contributed by atoms with Crippen LogP contribution in [0, 0.1) is 0 Å². The van der Waals surface area contributed by atoms with Crippen molar-refractivity contribution in [2.45, 2.75) is 18.4 Å². The number of hydrogen-bond acceptors (Lipinski definition) is 4. The first-order chi connectivity index (χ1) is 6.12. The van der Waals surface area contributed by atoms with Crippen LogP contribution in [-0.4, -0.2) is 42.6 Å². The van der Waals surface area contributed by atoms with Crippen LogP contribution in [0.15, 0.2) is 0 Å². The van der Waals surface area contributed by atoms with Gasteiger partial charge in [-0.3, -0.25) is 10.1 Å². The molecule has 2 heterocycles. The molecular weight excluding hydrogens is 208 g/mol. The molecule has 80 valence electrons. The molecule has 0 aromatic carbocycles. The monoisotopic (exact) mass is 220 g/mol. The van der Waals surface area contributed by atoms with Crippen LogP contribution in [-0.2, 0) is 9.53 Å². The second-order valence-electron chi connectivity index (χ2n) is 3.64. The number of nitrogens with zero attached hydrogens (tertiary/aromatic N) is 1. The van der Waals surface area contributed by atoms with Crippen LogP contribution in [0.5, 0.6) is 0 Å². The van der Waals surface area contributed by atoms with Crippen LogP contribution >= 0.6 is 12.4 Å². The molecular formula is C8H13ClN2O3. The van der Waals surface area contributed by atoms with Gasteiger partial charge in [0, 0.05) is 25.9 Å². The van der Waals surface area contributed by atoms with Crippen molar-refractivity contribution >= 4 is 24.4 Å². The average Bonchev–Trinajstić information content (AvgIpc) is 2.34. The minimum atomic E-state index is -0.858. The molecule has 0 bridgehead atoms. The number of hydrogen-bond donors (Lipinski definition) is 1. The van der Waals surface area contributed by atoms with Crippen LogP contribution in [0.4, 0.5) is 4.79 Å². The Kier molecular flexibility index (Phi) is 3.01. The maximum absolute atomic E-state index is 11.4. The number of amides is 2. The summed E-state index contributed by atoms with van der Waals surface area (Å²) in [4.78, 5) is 24.3. The predicted molar refractivity (Wildman–Crippen MR) is 51.3 cm³/mol. The molecule has 5 nitrogen and oxygen atoms in total. The van der Waals surface area contributed by atoms with Crippen LogP contribution in [0.3, 0.4) is 0 Å². The molecule has 6 heteroatoms. The van der Waals surface area contributed by atoms with Gasteiger partial charge < -0.3 is 9.64 Å². The van der Waals surface area contributed by atoms with Gasteiger partial charge in [-0.2, -0.15) is 0 Å². The summed E-state index contributed by atoms with van der Waals surface area (Å²) >= 11 is 0. The summed E-state index contributed by atoms with van der Waals surface area (Å²) in [5.74, 6) is -0.273. The van der Waals surface area contributed by atoms with Crippen LogP contribution in [0.25, 0.3) is 0 Å². The Hall–Kier alpha value is -0.810. The number of piperidine rings is 1. The van der Waals surface area contributed by atoms with E-state index in [1.807, 2.05) is 7.05 Å². The number of carbonyl (C=O) groups is 2. The van der Waals surface area contributed by atoms with Gasteiger partial charge in [0.15, 0.2) is 5.60 Å². The first kappa shape index (κ1) is 11.3. The number of rotatable bonds is 0. The number of halogens is 1. The lowest BCUT2D eigenvalue weighted by Crippen LogP contribution is -2.48. The molecule has 2 rings (SSSR count). The summed E-state index contributed by atoms with van der Waals surface area (Å²) in [5, 5.41) is 2.17. The van der Waals surface area contributed by atoms with E-state index in [1.165, 1.54) is 0 Å². The van der Waals surface area contributed by atoms with E-state index in [0.29, 0.717) is 12.8 Å². The zero-order valence-electron chi connectivity index (χ0n) is 7.91. The Balaban J connectivity index is 0.000000980. The smallest absolute Gasteiger partial charge is 0.415 e. The molecule has 2 aliphatic heterocycles. The molecule has 0 aliphatic carbocycles. The molecule has 1 N–H and O–H groups in total. The number of ether oxygens (including phenoxy) is 1. The summed E-state index contributed by atoms with van der Waals surface area (Å²) in [6.45, 7) is 1.58. The summed E-state index contributed by atoms with van der Waals surface area (Å²) < 4.78 is 5.02. The molecule has 2 aliphatic rings. The highest BCUT2D eigenvalue weighted by Crippen LogP contribution is 2.29. The van der Waals surface area contributed by atoms with Gasteiger partial charge in [-0.05, 0) is 7.05 Å². The third kappa shape index (κ3) is 1.69. The molecule has 2 saturated heterocycles. The molecule has 0 radical (unpaired) electrons. The van der Waals surface area contributed by atoms with Gasteiger partial charge in [0.1, 0.15) is 0 Å². The summed E-state index contributed by atoms with van der Waals surface area (Å²) in [7, 11) is 1.99. The van der Waals surface area contributed by atoms with Crippen molar-refractivity contribution in [3.63, 3.8) is 0 Å². The normalized spacial score (nSPS) is 25.5. The van der Waals surface area contributed by atoms with Crippen molar-refractivity contribution in [3.05, 3.63) is 0 Å². The first-order valence-electron chi connectivity index (χ1n) is 4.35. The third-order valence-corrected chi connectivity index (χ3v) is 2.71. The van der Waals surface area contributed by atoms with E-state index >= 15 is 0 Å². The lowest BCUT2D eigenvalue weighted by molar-refractivity contribution is -0.134. The third-order valence-electron chi connectivity index (χ3n) is 2.71. The van der Waals surface area contributed by atoms with Gasteiger partial charge in [0.25, 0.3) is 5.91 Å². The van der Waals surface area contributed by atoms with Crippen LogP contribution in [0.1, 0.15) is 12.8 Å². The lowest BCUT2D eigenvalue weighted by Gasteiger charge is -2.33. The fourth-order valence-electron chi connectivity index (χ4n) is 1.76. The highest BCUT2D eigenvalue weighted by atomic mass is 35.5. The summed E-state index contributed by atoms with van der Waals surface area (Å²) in [6, 6.07) is 0. The van der Waals surface area contributed by atoms with E-state index in [1.54, 1.807) is 0 Å². The Labute approximate surface area is 88.2 Å². The standard InChI is InChI=1S/C8H12N2O3.ClH/c1-10-4-2-8(3-5-10)6(11)9-7(12)13-8;/h2-5H2,1H3,(H,9,11,12);1H. The molecule has 0 aromatic heterocycles. The van der Waals surface area contributed by atoms with E-state index in [-0.39, 0.29) is 18.3 Å². The van der Waals surface area contributed by atoms with Crippen molar-refractivity contribution in [2.24, 2.45) is 0 Å². The van der Waals surface area contributed by atoms with Crippen molar-refractivity contribution in [1.29, 1.82) is 0 Å². The minimum absolute atomic E-state index is 0. The van der Waals surface area contributed by atoms with Gasteiger partial charge in [-0.1, -0.05) is 0 Å². The van der Waals surface area contributed by atoms with Gasteiger partial charge in [0.2, 0.25) is 0 Å². The fraction of sp³-hybridized carbons (Fsp3) is 0.750. The van der Waals surface area contributed by atoms with Gasteiger partial charge >= 0.3 is 6.09 Å². The van der Waals surface area contributed by atoms with Crippen molar-refractivity contribution in [1.82, 2.24) is 10.2 Å². The topological polar surface area (TPSA) is 58.6 Å². The van der Waals surface area contributed by atoms with Crippen molar-refractivity contribution in [2.75, 3.05) is 20.1 Å². The summed E-state index contributed by atoms with van der Waals surface area (Å²) in [6.07, 6.45) is 0.594. The molecule has 14 heavy (non-hydrogen) atoms. The molecule has 1 spiro atoms. The Morgan fingerprint density at radius 1 is 1.36 bits per heavy atom. The molecule has 0 saturated carbocycles. The maximum Gasteiger partial charge on any atom is 0.415 e. The number of nitrogens with one attached hydrogen (secondary N) is 1. The molecule has 0 unspecified atom stereocenters. The zero-order valence-corrected chi connectivity index (χ0v) is 8.73. The van der Waals surface area contributed by atoms with Crippen molar-refractivity contribution in [3.8, 4) is 0 Å². The van der Waals surface area contributed by atoms with Crippen LogP contribution in [0.2, 0.25) is 0 Å². The van der Waals surface area contributed by atoms with Gasteiger partial charge in [-0.15, -0.1) is 12.4 Å². The molecule has 2 fully saturated rings. The Morgan fingerprint density at radius 3 is 2.36 bits per heavy atom. The number of likely N-dealkylation sites (tertiary alicyclic amines) is 1. The quantitative estimate of drug-likeness (QED) is 0.631. The predicted octanol–water partition coefficient (Wildman–Crippen LogP) is 0.139. The maximum atomic E-state index is 11.4. The Morgan fingerprint density at radius 2 is 1.93 bits per heavy atom. The average molecular weight is 221 g/mol. The van der Waals surface area contributed by atoms with E-state index in [4.69, 9.17) is 4.74 Å². The first-order valence-corrected chi connectivity index (χ1v) is 4.35. The van der Waals surface area contributed by atoms with Crippen molar-refractivity contribution < 1.29 is 14.3 Å². The van der Waals surface area contributed by atoms with Gasteiger partial charge in [0.05, 0.1) is 0 Å². The number of carbonyl (C=O) groups excluding carboxylic acids is 2. The second kappa shape index (κ2) is 3.74. The van der Waals surface area contributed by atoms with E-state index in [0.717, 1.165) is 13.1 Å². The SMILES string of the molecule is CN1CCC2(CC1)OC(=O)NC2=O.Cl.